The van der Waals surface area contributed by atoms with Gasteiger partial charge in [-0.2, -0.15) is 0 Å². The molecule has 0 N–H and O–H groups in total. The predicted octanol–water partition coefficient (Wildman–Crippen LogP) is 4.31. The summed E-state index contributed by atoms with van der Waals surface area (Å²) in [6, 6.07) is 10.4. The fourth-order valence-electron chi connectivity index (χ4n) is 1.33. The summed E-state index contributed by atoms with van der Waals surface area (Å²) in [5, 5.41) is 0. The van der Waals surface area contributed by atoms with Gasteiger partial charge in [-0.25, -0.2) is 8.78 Å². The van der Waals surface area contributed by atoms with E-state index in [1.165, 1.54) is 30.3 Å². The molecule has 0 fully saturated rings. The summed E-state index contributed by atoms with van der Waals surface area (Å²) < 4.78 is 32.1. The Balaban J connectivity index is 2.04. The lowest BCUT2D eigenvalue weighted by molar-refractivity contribution is 0.299. The maximum Gasteiger partial charge on any atom is 0.130 e. The number of rotatable bonds is 3. The Labute approximate surface area is 106 Å². The van der Waals surface area contributed by atoms with Gasteiger partial charge in [0.05, 0.1) is 0 Å². The molecule has 0 bridgehead atoms. The molecule has 0 aliphatic rings. The van der Waals surface area contributed by atoms with Gasteiger partial charge in [0.25, 0.3) is 0 Å². The first-order valence-electron chi connectivity index (χ1n) is 4.97. The Morgan fingerprint density at radius 3 is 2.35 bits per heavy atom. The highest BCUT2D eigenvalue weighted by atomic mass is 79.9. The van der Waals surface area contributed by atoms with Crippen LogP contribution in [-0.2, 0) is 6.61 Å². The van der Waals surface area contributed by atoms with Crippen LogP contribution in [0.4, 0.5) is 8.78 Å². The minimum atomic E-state index is -0.332. The topological polar surface area (TPSA) is 9.23 Å². The van der Waals surface area contributed by atoms with Gasteiger partial charge in [-0.15, -0.1) is 0 Å². The third-order valence-corrected chi connectivity index (χ3v) is 2.72. The molecular formula is C13H9BrF2O. The second-order valence-corrected chi connectivity index (χ2v) is 4.39. The van der Waals surface area contributed by atoms with Gasteiger partial charge in [-0.05, 0) is 36.4 Å². The van der Waals surface area contributed by atoms with Crippen LogP contribution in [0.2, 0.25) is 0 Å². The molecular weight excluding hydrogens is 290 g/mol. The lowest BCUT2D eigenvalue weighted by Crippen LogP contribution is -1.98. The summed E-state index contributed by atoms with van der Waals surface area (Å²) in [5.41, 5.74) is 0.456. The summed E-state index contributed by atoms with van der Waals surface area (Å²) in [6.45, 7) is 0.116. The van der Waals surface area contributed by atoms with Gasteiger partial charge in [0.2, 0.25) is 0 Å². The smallest absolute Gasteiger partial charge is 0.130 e. The molecule has 0 aliphatic carbocycles. The average molecular weight is 299 g/mol. The first-order chi connectivity index (χ1) is 8.15. The molecule has 0 aliphatic heterocycles. The monoisotopic (exact) mass is 298 g/mol. The lowest BCUT2D eigenvalue weighted by Gasteiger charge is -2.07. The summed E-state index contributed by atoms with van der Waals surface area (Å²) in [6.07, 6.45) is 0. The molecule has 0 saturated carbocycles. The predicted molar refractivity (Wildman–Crippen MR) is 64.8 cm³/mol. The van der Waals surface area contributed by atoms with E-state index >= 15 is 0 Å². The maximum absolute atomic E-state index is 13.4. The first kappa shape index (κ1) is 12.0. The third kappa shape index (κ3) is 3.27. The molecule has 2 rings (SSSR count). The third-order valence-electron chi connectivity index (χ3n) is 2.22. The van der Waals surface area contributed by atoms with Gasteiger partial charge < -0.3 is 4.74 Å². The second kappa shape index (κ2) is 5.27. The molecule has 0 spiro atoms. The van der Waals surface area contributed by atoms with Crippen LogP contribution in [0.15, 0.2) is 46.9 Å². The fraction of sp³-hybridized carbons (Fsp3) is 0.0769. The number of benzene rings is 2. The van der Waals surface area contributed by atoms with Crippen molar-refractivity contribution in [3.8, 4) is 5.75 Å². The molecule has 4 heteroatoms. The Morgan fingerprint density at radius 1 is 1.00 bits per heavy atom. The van der Waals surface area contributed by atoms with Crippen molar-refractivity contribution in [3.63, 3.8) is 0 Å². The Bertz CT molecular complexity index is 511. The molecule has 0 heterocycles. The van der Waals surface area contributed by atoms with Crippen molar-refractivity contribution in [3.05, 3.63) is 64.1 Å². The molecule has 0 aromatic heterocycles. The molecule has 0 saturated heterocycles. The molecule has 88 valence electrons. The number of hydrogen-bond acceptors (Lipinski definition) is 1. The Kier molecular flexibility index (Phi) is 3.74. The van der Waals surface area contributed by atoms with E-state index in [1.54, 1.807) is 12.1 Å². The molecule has 0 atom stereocenters. The Morgan fingerprint density at radius 2 is 1.71 bits per heavy atom. The number of halogens is 3. The zero-order valence-electron chi connectivity index (χ0n) is 8.79. The van der Waals surface area contributed by atoms with Crippen molar-refractivity contribution in [1.29, 1.82) is 0 Å². The van der Waals surface area contributed by atoms with E-state index in [9.17, 15) is 8.78 Å². The van der Waals surface area contributed by atoms with E-state index in [0.717, 1.165) is 0 Å². The van der Waals surface area contributed by atoms with Crippen molar-refractivity contribution in [2.24, 2.45) is 0 Å². The summed E-state index contributed by atoms with van der Waals surface area (Å²) in [4.78, 5) is 0. The van der Waals surface area contributed by atoms with Crippen LogP contribution in [0, 0.1) is 11.6 Å². The van der Waals surface area contributed by atoms with Gasteiger partial charge in [0.15, 0.2) is 0 Å². The highest BCUT2D eigenvalue weighted by molar-refractivity contribution is 9.10. The van der Waals surface area contributed by atoms with Crippen LogP contribution in [0.1, 0.15) is 5.56 Å². The zero-order valence-corrected chi connectivity index (χ0v) is 10.4. The van der Waals surface area contributed by atoms with Crippen LogP contribution < -0.4 is 4.74 Å². The van der Waals surface area contributed by atoms with Crippen LogP contribution in [-0.4, -0.2) is 0 Å². The maximum atomic E-state index is 13.4. The van der Waals surface area contributed by atoms with E-state index < -0.39 is 0 Å². The summed E-state index contributed by atoms with van der Waals surface area (Å²) >= 11 is 3.18. The highest BCUT2D eigenvalue weighted by Crippen LogP contribution is 2.18. The van der Waals surface area contributed by atoms with Crippen molar-refractivity contribution in [2.45, 2.75) is 6.61 Å². The van der Waals surface area contributed by atoms with Crippen LogP contribution >= 0.6 is 15.9 Å². The van der Waals surface area contributed by atoms with E-state index in [-0.39, 0.29) is 18.2 Å². The zero-order chi connectivity index (χ0) is 12.3. The molecule has 0 unspecified atom stereocenters. The first-order valence-corrected chi connectivity index (χ1v) is 5.77. The van der Waals surface area contributed by atoms with Crippen molar-refractivity contribution >= 4 is 15.9 Å². The van der Waals surface area contributed by atoms with Gasteiger partial charge in [-0.3, -0.25) is 0 Å². The van der Waals surface area contributed by atoms with E-state index in [4.69, 9.17) is 4.74 Å². The summed E-state index contributed by atoms with van der Waals surface area (Å²) in [5.74, 6) is -0.151. The molecule has 2 aromatic carbocycles. The van der Waals surface area contributed by atoms with Crippen LogP contribution in [0.5, 0.6) is 5.75 Å². The Hall–Kier alpha value is -1.42. The van der Waals surface area contributed by atoms with Gasteiger partial charge >= 0.3 is 0 Å². The van der Waals surface area contributed by atoms with E-state index in [1.807, 2.05) is 0 Å². The van der Waals surface area contributed by atoms with Gasteiger partial charge in [0.1, 0.15) is 24.0 Å². The average Bonchev–Trinajstić information content (AvgIpc) is 2.30. The SMILES string of the molecule is Fc1ccc(OCc2ccc(Br)cc2F)cc1. The standard InChI is InChI=1S/C13H9BrF2O/c14-10-2-1-9(13(16)7-10)8-17-12-5-3-11(15)4-6-12/h1-7H,8H2. The number of hydrogen-bond donors (Lipinski definition) is 0. The lowest BCUT2D eigenvalue weighted by atomic mass is 10.2. The fourth-order valence-corrected chi connectivity index (χ4v) is 1.66. The quantitative estimate of drug-likeness (QED) is 0.820. The largest absolute Gasteiger partial charge is 0.489 e. The van der Waals surface area contributed by atoms with Gasteiger partial charge in [-0.1, -0.05) is 22.0 Å². The molecule has 0 amide bonds. The second-order valence-electron chi connectivity index (χ2n) is 3.48. The highest BCUT2D eigenvalue weighted by Gasteiger charge is 2.03. The van der Waals surface area contributed by atoms with Crippen molar-refractivity contribution in [2.75, 3.05) is 0 Å². The van der Waals surface area contributed by atoms with Crippen LogP contribution in [0.3, 0.4) is 0 Å². The van der Waals surface area contributed by atoms with Crippen molar-refractivity contribution in [1.82, 2.24) is 0 Å². The van der Waals surface area contributed by atoms with Gasteiger partial charge in [0, 0.05) is 10.0 Å². The molecule has 1 nitrogen and oxygen atoms in total. The normalized spacial score (nSPS) is 10.3. The number of ether oxygens (including phenoxy) is 1. The van der Waals surface area contributed by atoms with Crippen LogP contribution in [0.25, 0.3) is 0 Å². The molecule has 2 aromatic rings. The molecule has 0 radical (unpaired) electrons. The van der Waals surface area contributed by atoms with E-state index in [0.29, 0.717) is 15.8 Å². The summed E-state index contributed by atoms with van der Waals surface area (Å²) in [7, 11) is 0. The van der Waals surface area contributed by atoms with Crippen molar-refractivity contribution < 1.29 is 13.5 Å². The minimum Gasteiger partial charge on any atom is -0.489 e. The van der Waals surface area contributed by atoms with E-state index in [2.05, 4.69) is 15.9 Å². The minimum absolute atomic E-state index is 0.116. The molecule has 17 heavy (non-hydrogen) atoms.